The van der Waals surface area contributed by atoms with Gasteiger partial charge in [-0.3, -0.25) is 14.5 Å². The van der Waals surface area contributed by atoms with E-state index in [1.807, 2.05) is 6.92 Å². The lowest BCUT2D eigenvalue weighted by atomic mass is 9.95. The van der Waals surface area contributed by atoms with Gasteiger partial charge in [0, 0.05) is 5.56 Å². The first-order valence-electron chi connectivity index (χ1n) is 12.2. The summed E-state index contributed by atoms with van der Waals surface area (Å²) >= 11 is 0.933. The van der Waals surface area contributed by atoms with Crippen molar-refractivity contribution in [3.05, 3.63) is 88.5 Å². The van der Waals surface area contributed by atoms with Crippen molar-refractivity contribution in [1.82, 2.24) is 4.98 Å². The molecule has 1 atom stereocenters. The number of ketones is 1. The summed E-state index contributed by atoms with van der Waals surface area (Å²) in [4.78, 5) is 45.3. The summed E-state index contributed by atoms with van der Waals surface area (Å²) in [5, 5.41) is 11.5. The Morgan fingerprint density at radius 3 is 2.59 bits per heavy atom. The Morgan fingerprint density at radius 2 is 1.92 bits per heavy atom. The predicted octanol–water partition coefficient (Wildman–Crippen LogP) is 5.22. The van der Waals surface area contributed by atoms with Crippen LogP contribution in [-0.2, 0) is 14.3 Å². The minimum atomic E-state index is -1.01. The smallest absolute Gasteiger partial charge is 0.350 e. The van der Waals surface area contributed by atoms with Gasteiger partial charge in [-0.1, -0.05) is 55.2 Å². The second kappa shape index (κ2) is 12.0. The second-order valence-electron chi connectivity index (χ2n) is 8.62. The van der Waals surface area contributed by atoms with Crippen molar-refractivity contribution >= 4 is 39.9 Å². The van der Waals surface area contributed by atoms with Gasteiger partial charge in [-0.2, -0.15) is 0 Å². The van der Waals surface area contributed by atoms with Gasteiger partial charge < -0.3 is 19.3 Å². The fourth-order valence-electron chi connectivity index (χ4n) is 4.11. The summed E-state index contributed by atoms with van der Waals surface area (Å²) in [5.74, 6) is -1.63. The maximum Gasteiger partial charge on any atom is 0.350 e. The van der Waals surface area contributed by atoms with Crippen LogP contribution in [0.1, 0.15) is 45.9 Å². The molecule has 4 rings (SSSR count). The Hall–Kier alpha value is -4.44. The number of carbonyl (C=O) groups is 3. The molecule has 39 heavy (non-hydrogen) atoms. The molecule has 1 fully saturated rings. The third-order valence-corrected chi connectivity index (χ3v) is 7.10. The number of hydrogen-bond donors (Lipinski definition) is 1. The highest BCUT2D eigenvalue weighted by Gasteiger charge is 2.48. The maximum atomic E-state index is 13.4. The standard InChI is InChI=1S/C29H28N2O7S/c1-5-14-37-20-12-10-18(11-13-20)23-22(24(32)19-8-7-9-21(16-19)36-4)25(33)27(34)31(23)29-30-17(3)26(39-29)28(35)38-15-6-2/h6-13,16,23,32H,2,5,14-15H2,1,3-4H3. The number of esters is 1. The van der Waals surface area contributed by atoms with Gasteiger partial charge in [0.2, 0.25) is 0 Å². The van der Waals surface area contributed by atoms with E-state index in [2.05, 4.69) is 11.6 Å². The topological polar surface area (TPSA) is 115 Å². The summed E-state index contributed by atoms with van der Waals surface area (Å²) in [6, 6.07) is 12.5. The molecule has 2 aromatic carbocycles. The number of aryl methyl sites for hydroxylation is 1. The lowest BCUT2D eigenvalue weighted by Gasteiger charge is -2.23. The van der Waals surface area contributed by atoms with Crippen molar-refractivity contribution in [2.75, 3.05) is 25.2 Å². The highest BCUT2D eigenvalue weighted by atomic mass is 32.1. The molecule has 202 valence electrons. The van der Waals surface area contributed by atoms with Crippen LogP contribution in [0.5, 0.6) is 11.5 Å². The van der Waals surface area contributed by atoms with Gasteiger partial charge in [0.1, 0.15) is 28.7 Å². The maximum absolute atomic E-state index is 13.4. The summed E-state index contributed by atoms with van der Waals surface area (Å²) < 4.78 is 16.1. The second-order valence-corrected chi connectivity index (χ2v) is 9.59. The molecule has 0 radical (unpaired) electrons. The number of carbonyl (C=O) groups excluding carboxylic acids is 3. The van der Waals surface area contributed by atoms with E-state index in [9.17, 15) is 19.5 Å². The van der Waals surface area contributed by atoms with Crippen molar-refractivity contribution in [3.8, 4) is 11.5 Å². The molecule has 1 aliphatic rings. The number of anilines is 1. The van der Waals surface area contributed by atoms with E-state index in [1.54, 1.807) is 55.5 Å². The summed E-state index contributed by atoms with van der Waals surface area (Å²) in [5.41, 5.74) is 1.09. The molecule has 3 aromatic rings. The fourth-order valence-corrected chi connectivity index (χ4v) is 5.10. The highest BCUT2D eigenvalue weighted by Crippen LogP contribution is 2.44. The summed E-state index contributed by atoms with van der Waals surface area (Å²) in [7, 11) is 1.49. The Kier molecular flexibility index (Phi) is 8.46. The van der Waals surface area contributed by atoms with E-state index < -0.39 is 23.7 Å². The van der Waals surface area contributed by atoms with Crippen LogP contribution >= 0.6 is 11.3 Å². The third-order valence-electron chi connectivity index (χ3n) is 5.97. The average Bonchev–Trinajstić information content (AvgIpc) is 3.46. The number of methoxy groups -OCH3 is 1. The van der Waals surface area contributed by atoms with Crippen LogP contribution in [0.4, 0.5) is 5.13 Å². The normalized spacial score (nSPS) is 16.3. The van der Waals surface area contributed by atoms with Crippen LogP contribution in [0.15, 0.2) is 66.8 Å². The first-order chi connectivity index (χ1) is 18.8. The number of Topliss-reactive ketones (excluding diaryl/α,β-unsaturated/α-hetero) is 1. The zero-order chi connectivity index (χ0) is 28.1. The molecule has 1 aliphatic heterocycles. The monoisotopic (exact) mass is 548 g/mol. The quantitative estimate of drug-likeness (QED) is 0.121. The van der Waals surface area contributed by atoms with Crippen molar-refractivity contribution in [2.24, 2.45) is 0 Å². The van der Waals surface area contributed by atoms with E-state index in [0.717, 1.165) is 17.8 Å². The predicted molar refractivity (Wildman–Crippen MR) is 147 cm³/mol. The molecule has 1 saturated heterocycles. The van der Waals surface area contributed by atoms with E-state index >= 15 is 0 Å². The Morgan fingerprint density at radius 1 is 1.18 bits per heavy atom. The van der Waals surface area contributed by atoms with Crippen molar-refractivity contribution in [1.29, 1.82) is 0 Å². The van der Waals surface area contributed by atoms with Gasteiger partial charge in [-0.25, -0.2) is 9.78 Å². The van der Waals surface area contributed by atoms with Gasteiger partial charge >= 0.3 is 11.9 Å². The van der Waals surface area contributed by atoms with E-state index in [4.69, 9.17) is 14.2 Å². The van der Waals surface area contributed by atoms with Gasteiger partial charge in [0.25, 0.3) is 5.78 Å². The van der Waals surface area contributed by atoms with Gasteiger partial charge in [-0.15, -0.1) is 0 Å². The fraction of sp³-hybridized carbons (Fsp3) is 0.241. The van der Waals surface area contributed by atoms with Gasteiger partial charge in [0.05, 0.1) is 31.0 Å². The summed E-state index contributed by atoms with van der Waals surface area (Å²) in [6.07, 6.45) is 2.28. The number of nitrogens with zero attached hydrogens (tertiary/aromatic N) is 2. The summed E-state index contributed by atoms with van der Waals surface area (Å²) in [6.45, 7) is 7.71. The molecule has 0 saturated carbocycles. The van der Waals surface area contributed by atoms with Gasteiger partial charge in [-0.05, 0) is 43.2 Å². The minimum absolute atomic E-state index is 0.0169. The highest BCUT2D eigenvalue weighted by molar-refractivity contribution is 7.17. The number of ether oxygens (including phenoxy) is 3. The van der Waals surface area contributed by atoms with Crippen LogP contribution in [-0.4, -0.2) is 48.1 Å². The number of aliphatic hydroxyl groups excluding tert-OH is 1. The van der Waals surface area contributed by atoms with Crippen LogP contribution < -0.4 is 14.4 Å². The van der Waals surface area contributed by atoms with Crippen LogP contribution in [0.25, 0.3) is 5.76 Å². The molecule has 1 N–H and O–H groups in total. The molecular weight excluding hydrogens is 520 g/mol. The molecular formula is C29H28N2O7S. The first kappa shape index (κ1) is 27.6. The van der Waals surface area contributed by atoms with Crippen LogP contribution in [0.2, 0.25) is 0 Å². The number of hydrogen-bond acceptors (Lipinski definition) is 9. The number of amides is 1. The molecule has 1 unspecified atom stereocenters. The Labute approximate surface area is 230 Å². The van der Waals surface area contributed by atoms with Crippen LogP contribution in [0.3, 0.4) is 0 Å². The molecule has 9 nitrogen and oxygen atoms in total. The number of aromatic nitrogens is 1. The Balaban J connectivity index is 1.86. The first-order valence-corrected chi connectivity index (χ1v) is 13.1. The molecule has 10 heteroatoms. The average molecular weight is 549 g/mol. The molecule has 2 heterocycles. The van der Waals surface area contributed by atoms with Crippen molar-refractivity contribution < 1.29 is 33.7 Å². The Bertz CT molecular complexity index is 1440. The zero-order valence-electron chi connectivity index (χ0n) is 21.8. The molecule has 1 aromatic heterocycles. The third kappa shape index (κ3) is 5.56. The SMILES string of the molecule is C=CCOC(=O)c1sc(N2C(=O)C(=O)C(=C(O)c3cccc(OC)c3)C2c2ccc(OCCC)cc2)nc1C. The van der Waals surface area contributed by atoms with Crippen LogP contribution in [0, 0.1) is 6.92 Å². The lowest BCUT2D eigenvalue weighted by Crippen LogP contribution is -2.29. The van der Waals surface area contributed by atoms with Crippen molar-refractivity contribution in [2.45, 2.75) is 26.3 Å². The molecule has 0 bridgehead atoms. The molecule has 0 aliphatic carbocycles. The van der Waals surface area contributed by atoms with Gasteiger partial charge in [0.15, 0.2) is 5.13 Å². The minimum Gasteiger partial charge on any atom is -0.507 e. The zero-order valence-corrected chi connectivity index (χ0v) is 22.6. The van der Waals surface area contributed by atoms with E-state index in [1.165, 1.54) is 18.1 Å². The largest absolute Gasteiger partial charge is 0.507 e. The number of aliphatic hydroxyl groups is 1. The molecule has 0 spiro atoms. The van der Waals surface area contributed by atoms with E-state index in [-0.39, 0.29) is 27.9 Å². The number of rotatable bonds is 10. The number of thiazole rings is 1. The van der Waals surface area contributed by atoms with E-state index in [0.29, 0.717) is 34.9 Å². The lowest BCUT2D eigenvalue weighted by molar-refractivity contribution is -0.132. The number of benzene rings is 2. The molecule has 1 amide bonds. The van der Waals surface area contributed by atoms with Crippen molar-refractivity contribution in [3.63, 3.8) is 0 Å².